The average Bonchev–Trinajstić information content (AvgIpc) is 2.14. The smallest absolute Gasteiger partial charge is 0.140 e. The van der Waals surface area contributed by atoms with Crippen LogP contribution >= 0.6 is 0 Å². The van der Waals surface area contributed by atoms with E-state index < -0.39 is 0 Å². The van der Waals surface area contributed by atoms with Crippen molar-refractivity contribution < 1.29 is 4.74 Å². The van der Waals surface area contributed by atoms with Crippen LogP contribution in [-0.2, 0) is 0 Å². The summed E-state index contributed by atoms with van der Waals surface area (Å²) < 4.78 is 5.15. The van der Waals surface area contributed by atoms with E-state index in [0.717, 1.165) is 11.3 Å². The van der Waals surface area contributed by atoms with E-state index in [-0.39, 0.29) is 0 Å². The Hall–Kier alpha value is -1.68. The second kappa shape index (κ2) is 5.05. The second-order valence-electron chi connectivity index (χ2n) is 2.83. The zero-order chi connectivity index (χ0) is 9.52. The summed E-state index contributed by atoms with van der Waals surface area (Å²) in [6, 6.07) is 9.50. The van der Waals surface area contributed by atoms with Gasteiger partial charge in [0, 0.05) is 6.42 Å². The molecule has 0 N–H and O–H groups in total. The van der Waals surface area contributed by atoms with Gasteiger partial charge in [0.2, 0.25) is 0 Å². The fourth-order valence-electron chi connectivity index (χ4n) is 0.771. The second-order valence-corrected chi connectivity index (χ2v) is 2.83. The van der Waals surface area contributed by atoms with E-state index in [4.69, 9.17) is 4.74 Å². The molecular weight excluding hydrogens is 160 g/mol. The molecule has 0 unspecified atom stereocenters. The highest BCUT2D eigenvalue weighted by atomic mass is 16.5. The normalized spacial score (nSPS) is 8.38. The molecule has 13 heavy (non-hydrogen) atoms. The molecule has 0 amide bonds. The van der Waals surface area contributed by atoms with Crippen molar-refractivity contribution in [1.82, 2.24) is 0 Å². The van der Waals surface area contributed by atoms with Crippen LogP contribution in [0.5, 0.6) is 5.75 Å². The predicted octanol–water partition coefficient (Wildman–Crippen LogP) is 2.99. The van der Waals surface area contributed by atoms with E-state index in [1.807, 2.05) is 37.3 Å². The largest absolute Gasteiger partial charge is 0.408 e. The Morgan fingerprint density at radius 2 is 2.08 bits per heavy atom. The van der Waals surface area contributed by atoms with Gasteiger partial charge in [0.05, 0.1) is 0 Å². The molecule has 1 aromatic rings. The van der Waals surface area contributed by atoms with E-state index >= 15 is 0 Å². The van der Waals surface area contributed by atoms with Crippen LogP contribution in [0.1, 0.15) is 13.3 Å². The average molecular weight is 172 g/mol. The first-order valence-corrected chi connectivity index (χ1v) is 4.13. The summed E-state index contributed by atoms with van der Waals surface area (Å²) >= 11 is 0. The lowest BCUT2D eigenvalue weighted by molar-refractivity contribution is 0.519. The first kappa shape index (κ1) is 9.41. The third-order valence-corrected chi connectivity index (χ3v) is 1.37. The van der Waals surface area contributed by atoms with E-state index in [1.165, 1.54) is 0 Å². The number of benzene rings is 1. The summed E-state index contributed by atoms with van der Waals surface area (Å²) in [6.45, 7) is 5.68. The summed E-state index contributed by atoms with van der Waals surface area (Å²) in [5.41, 5.74) is 1.05. The lowest BCUT2D eigenvalue weighted by atomic mass is 10.3. The lowest BCUT2D eigenvalue weighted by Gasteiger charge is -1.93. The van der Waals surface area contributed by atoms with Crippen LogP contribution in [0.25, 0.3) is 0 Å². The number of hydrogen-bond acceptors (Lipinski definition) is 1. The fourth-order valence-corrected chi connectivity index (χ4v) is 0.771. The molecule has 0 heterocycles. The summed E-state index contributed by atoms with van der Waals surface area (Å²) in [7, 11) is 0. The number of rotatable bonds is 2. The number of para-hydroxylation sites is 1. The van der Waals surface area contributed by atoms with Crippen LogP contribution in [0.2, 0.25) is 0 Å². The highest BCUT2D eigenvalue weighted by Gasteiger charge is 1.85. The standard InChI is InChI=1S/C12H12O/c1-11(2)7-6-10-13-12-8-4-3-5-9-12/h3-5,8-9H,1,7H2,2H3. The monoisotopic (exact) mass is 172 g/mol. The van der Waals surface area contributed by atoms with Gasteiger partial charge in [-0.05, 0) is 19.1 Å². The van der Waals surface area contributed by atoms with Crippen molar-refractivity contribution in [2.75, 3.05) is 0 Å². The Bertz CT molecular complexity index is 327. The van der Waals surface area contributed by atoms with Gasteiger partial charge in [-0.2, -0.15) is 0 Å². The van der Waals surface area contributed by atoms with Crippen LogP contribution in [0.3, 0.4) is 0 Å². The molecule has 0 saturated carbocycles. The molecule has 0 bridgehead atoms. The maximum atomic E-state index is 5.15. The molecule has 0 aliphatic heterocycles. The zero-order valence-corrected chi connectivity index (χ0v) is 7.71. The van der Waals surface area contributed by atoms with Crippen LogP contribution in [-0.4, -0.2) is 0 Å². The minimum Gasteiger partial charge on any atom is -0.408 e. The molecule has 0 spiro atoms. The van der Waals surface area contributed by atoms with Gasteiger partial charge >= 0.3 is 0 Å². The molecule has 0 saturated heterocycles. The zero-order valence-electron chi connectivity index (χ0n) is 7.71. The van der Waals surface area contributed by atoms with Gasteiger partial charge in [-0.25, -0.2) is 0 Å². The van der Waals surface area contributed by atoms with E-state index in [2.05, 4.69) is 18.6 Å². The van der Waals surface area contributed by atoms with Crippen LogP contribution in [0.4, 0.5) is 0 Å². The van der Waals surface area contributed by atoms with Gasteiger partial charge in [-0.3, -0.25) is 0 Å². The summed E-state index contributed by atoms with van der Waals surface area (Å²) in [4.78, 5) is 0. The summed E-state index contributed by atoms with van der Waals surface area (Å²) in [5.74, 6) is 3.64. The predicted molar refractivity (Wildman–Crippen MR) is 54.3 cm³/mol. The maximum Gasteiger partial charge on any atom is 0.140 e. The van der Waals surface area contributed by atoms with Gasteiger partial charge in [-0.1, -0.05) is 36.3 Å². The lowest BCUT2D eigenvalue weighted by Crippen LogP contribution is -1.81. The van der Waals surface area contributed by atoms with Gasteiger partial charge < -0.3 is 4.74 Å². The van der Waals surface area contributed by atoms with Crippen molar-refractivity contribution in [2.24, 2.45) is 0 Å². The first-order chi connectivity index (χ1) is 6.29. The molecule has 1 rings (SSSR count). The molecule has 1 aromatic carbocycles. The van der Waals surface area contributed by atoms with Gasteiger partial charge in [0.25, 0.3) is 0 Å². The Labute approximate surface area is 79.0 Å². The third-order valence-electron chi connectivity index (χ3n) is 1.37. The SMILES string of the molecule is C=C(C)CC#COc1ccccc1. The highest BCUT2D eigenvalue weighted by Crippen LogP contribution is 2.06. The highest BCUT2D eigenvalue weighted by molar-refractivity contribution is 5.23. The molecule has 1 nitrogen and oxygen atoms in total. The van der Waals surface area contributed by atoms with Crippen molar-refractivity contribution in [1.29, 1.82) is 0 Å². The quantitative estimate of drug-likeness (QED) is 0.492. The minimum atomic E-state index is 0.687. The summed E-state index contributed by atoms with van der Waals surface area (Å²) in [5, 5.41) is 0. The van der Waals surface area contributed by atoms with Gasteiger partial charge in [0.15, 0.2) is 0 Å². The van der Waals surface area contributed by atoms with Gasteiger partial charge in [-0.15, -0.1) is 0 Å². The Morgan fingerprint density at radius 3 is 2.69 bits per heavy atom. The first-order valence-electron chi connectivity index (χ1n) is 4.13. The minimum absolute atomic E-state index is 0.687. The molecule has 0 radical (unpaired) electrons. The molecule has 0 atom stereocenters. The van der Waals surface area contributed by atoms with E-state index in [9.17, 15) is 0 Å². The number of allylic oxidation sites excluding steroid dienone is 1. The topological polar surface area (TPSA) is 9.23 Å². The molecule has 0 fully saturated rings. The number of ether oxygens (including phenoxy) is 1. The maximum absolute atomic E-state index is 5.15. The van der Waals surface area contributed by atoms with Crippen molar-refractivity contribution in [3.05, 3.63) is 42.5 Å². The molecule has 0 aliphatic carbocycles. The molecule has 0 aromatic heterocycles. The Balaban J connectivity index is 2.42. The van der Waals surface area contributed by atoms with E-state index in [0.29, 0.717) is 6.42 Å². The molecular formula is C12H12O. The molecule has 66 valence electrons. The number of hydrogen-bond donors (Lipinski definition) is 0. The van der Waals surface area contributed by atoms with Crippen LogP contribution in [0.15, 0.2) is 42.5 Å². The van der Waals surface area contributed by atoms with Crippen molar-refractivity contribution in [3.63, 3.8) is 0 Å². The Kier molecular flexibility index (Phi) is 3.66. The van der Waals surface area contributed by atoms with Crippen molar-refractivity contribution in [2.45, 2.75) is 13.3 Å². The van der Waals surface area contributed by atoms with Crippen LogP contribution < -0.4 is 4.74 Å². The third kappa shape index (κ3) is 4.03. The van der Waals surface area contributed by atoms with E-state index in [1.54, 1.807) is 0 Å². The molecule has 0 aliphatic rings. The summed E-state index contributed by atoms with van der Waals surface area (Å²) in [6.07, 6.45) is 3.31. The van der Waals surface area contributed by atoms with Crippen molar-refractivity contribution >= 4 is 0 Å². The van der Waals surface area contributed by atoms with Crippen LogP contribution in [0, 0.1) is 12.0 Å². The fraction of sp³-hybridized carbons (Fsp3) is 0.167. The van der Waals surface area contributed by atoms with Gasteiger partial charge in [0.1, 0.15) is 11.9 Å². The van der Waals surface area contributed by atoms with Crippen molar-refractivity contribution in [3.8, 4) is 17.8 Å². The Morgan fingerprint density at radius 1 is 1.38 bits per heavy atom. The molecule has 1 heteroatoms.